The minimum atomic E-state index is -0.872. The third-order valence-corrected chi connectivity index (χ3v) is 2.15. The van der Waals surface area contributed by atoms with E-state index in [4.69, 9.17) is 5.73 Å². The molecule has 0 aliphatic carbocycles. The summed E-state index contributed by atoms with van der Waals surface area (Å²) in [6.45, 7) is 2.14. The Labute approximate surface area is 97.7 Å². The first-order valence-corrected chi connectivity index (χ1v) is 5.05. The lowest BCUT2D eigenvalue weighted by molar-refractivity contribution is 0.0933. The van der Waals surface area contributed by atoms with Gasteiger partial charge in [0.2, 0.25) is 0 Å². The normalized spacial score (nSPS) is 10.8. The number of hydrogen-bond acceptors (Lipinski definition) is 3. The molecule has 4 nitrogen and oxygen atoms in total. The Morgan fingerprint density at radius 2 is 2.24 bits per heavy atom. The van der Waals surface area contributed by atoms with Crippen molar-refractivity contribution in [2.75, 3.05) is 13.1 Å². The van der Waals surface area contributed by atoms with Crippen LogP contribution in [-0.4, -0.2) is 30.2 Å². The lowest BCUT2D eigenvalue weighted by Crippen LogP contribution is -2.26. The standard InChI is InChI=1S/C11H13F2N3O/c1-2-16(15-7-14)6-11(17)9-4-3-8(12)5-10(9)13/h3-5,7H,2,6H2,1H3,(H2,14,15). The number of carbonyl (C=O) groups is 1. The third kappa shape index (κ3) is 3.51. The van der Waals surface area contributed by atoms with Crippen molar-refractivity contribution in [3.05, 3.63) is 35.4 Å². The van der Waals surface area contributed by atoms with Gasteiger partial charge in [-0.25, -0.2) is 8.78 Å². The summed E-state index contributed by atoms with van der Waals surface area (Å²) in [6.07, 6.45) is 1.05. The topological polar surface area (TPSA) is 58.7 Å². The number of Topliss-reactive ketones (excluding diaryl/α,β-unsaturated/α-hetero) is 1. The van der Waals surface area contributed by atoms with Crippen LogP contribution in [0.15, 0.2) is 23.3 Å². The first-order valence-electron chi connectivity index (χ1n) is 5.05. The molecule has 0 radical (unpaired) electrons. The number of nitrogens with two attached hydrogens (primary N) is 1. The second kappa shape index (κ2) is 5.93. The molecule has 6 heteroatoms. The summed E-state index contributed by atoms with van der Waals surface area (Å²) >= 11 is 0. The molecule has 0 aromatic heterocycles. The van der Waals surface area contributed by atoms with Crippen LogP contribution in [0.4, 0.5) is 8.78 Å². The molecule has 1 rings (SSSR count). The van der Waals surface area contributed by atoms with Gasteiger partial charge >= 0.3 is 0 Å². The molecule has 0 amide bonds. The summed E-state index contributed by atoms with van der Waals surface area (Å²) in [6, 6.07) is 2.83. The summed E-state index contributed by atoms with van der Waals surface area (Å²) in [7, 11) is 0. The largest absolute Gasteiger partial charge is 0.388 e. The van der Waals surface area contributed by atoms with E-state index < -0.39 is 17.4 Å². The fourth-order valence-corrected chi connectivity index (χ4v) is 1.30. The molecule has 0 saturated heterocycles. The third-order valence-electron chi connectivity index (χ3n) is 2.15. The molecule has 0 saturated carbocycles. The first-order chi connectivity index (χ1) is 8.08. The fraction of sp³-hybridized carbons (Fsp3) is 0.273. The summed E-state index contributed by atoms with van der Waals surface area (Å²) in [5.74, 6) is -2.07. The molecule has 0 heterocycles. The van der Waals surface area contributed by atoms with Crippen LogP contribution < -0.4 is 5.73 Å². The number of nitrogens with zero attached hydrogens (tertiary/aromatic N) is 2. The molecule has 0 fully saturated rings. The number of hydrogen-bond donors (Lipinski definition) is 1. The van der Waals surface area contributed by atoms with Crippen molar-refractivity contribution in [3.8, 4) is 0 Å². The van der Waals surface area contributed by atoms with Crippen molar-refractivity contribution < 1.29 is 13.6 Å². The summed E-state index contributed by atoms with van der Waals surface area (Å²) in [5.41, 5.74) is 4.95. The lowest BCUT2D eigenvalue weighted by Gasteiger charge is -2.15. The Hall–Kier alpha value is -1.98. The molecule has 1 aromatic rings. The van der Waals surface area contributed by atoms with Gasteiger partial charge in [0, 0.05) is 12.6 Å². The zero-order chi connectivity index (χ0) is 12.8. The number of benzene rings is 1. The molecule has 17 heavy (non-hydrogen) atoms. The van der Waals surface area contributed by atoms with Gasteiger partial charge in [-0.05, 0) is 19.1 Å². The fourth-order valence-electron chi connectivity index (χ4n) is 1.30. The van der Waals surface area contributed by atoms with Crippen molar-refractivity contribution in [1.82, 2.24) is 5.01 Å². The Balaban J connectivity index is 2.82. The molecular formula is C11H13F2N3O. The van der Waals surface area contributed by atoms with Gasteiger partial charge in [-0.3, -0.25) is 9.80 Å². The molecule has 0 atom stereocenters. The Kier molecular flexibility index (Phi) is 4.56. The van der Waals surface area contributed by atoms with E-state index in [1.807, 2.05) is 0 Å². The number of hydrazone groups is 1. The van der Waals surface area contributed by atoms with E-state index in [2.05, 4.69) is 5.10 Å². The van der Waals surface area contributed by atoms with Gasteiger partial charge in [0.05, 0.1) is 12.1 Å². The van der Waals surface area contributed by atoms with Gasteiger partial charge in [0.1, 0.15) is 18.0 Å². The maximum Gasteiger partial charge on any atom is 0.186 e. The minimum Gasteiger partial charge on any atom is -0.388 e. The van der Waals surface area contributed by atoms with Gasteiger partial charge in [-0.2, -0.15) is 5.10 Å². The predicted octanol–water partition coefficient (Wildman–Crippen LogP) is 1.37. The number of halogens is 2. The second-order valence-electron chi connectivity index (χ2n) is 3.29. The van der Waals surface area contributed by atoms with Crippen LogP contribution in [0.3, 0.4) is 0 Å². The summed E-state index contributed by atoms with van der Waals surface area (Å²) in [4.78, 5) is 11.7. The van der Waals surface area contributed by atoms with E-state index in [-0.39, 0.29) is 12.1 Å². The lowest BCUT2D eigenvalue weighted by atomic mass is 10.1. The quantitative estimate of drug-likeness (QED) is 0.366. The van der Waals surface area contributed by atoms with Crippen LogP contribution in [-0.2, 0) is 0 Å². The molecule has 0 bridgehead atoms. The first kappa shape index (κ1) is 13.1. The Morgan fingerprint density at radius 1 is 1.53 bits per heavy atom. The molecule has 2 N–H and O–H groups in total. The van der Waals surface area contributed by atoms with Gasteiger partial charge in [-0.1, -0.05) is 0 Å². The van der Waals surface area contributed by atoms with Crippen molar-refractivity contribution in [2.24, 2.45) is 10.8 Å². The van der Waals surface area contributed by atoms with Gasteiger partial charge in [0.15, 0.2) is 5.78 Å². The molecule has 0 aliphatic heterocycles. The van der Waals surface area contributed by atoms with Gasteiger partial charge in [-0.15, -0.1) is 0 Å². The smallest absolute Gasteiger partial charge is 0.186 e. The highest BCUT2D eigenvalue weighted by Crippen LogP contribution is 2.10. The van der Waals surface area contributed by atoms with E-state index in [1.165, 1.54) is 5.01 Å². The number of carbonyl (C=O) groups excluding carboxylic acids is 1. The van der Waals surface area contributed by atoms with Gasteiger partial charge < -0.3 is 5.73 Å². The van der Waals surface area contributed by atoms with Crippen LogP contribution >= 0.6 is 0 Å². The molecule has 92 valence electrons. The van der Waals surface area contributed by atoms with Gasteiger partial charge in [0.25, 0.3) is 0 Å². The molecule has 0 aliphatic rings. The average Bonchev–Trinajstić information content (AvgIpc) is 2.28. The highest BCUT2D eigenvalue weighted by molar-refractivity contribution is 5.97. The Bertz CT molecular complexity index is 435. The highest BCUT2D eigenvalue weighted by Gasteiger charge is 2.14. The number of rotatable bonds is 5. The van der Waals surface area contributed by atoms with E-state index >= 15 is 0 Å². The van der Waals surface area contributed by atoms with Crippen LogP contribution in [0.5, 0.6) is 0 Å². The summed E-state index contributed by atoms with van der Waals surface area (Å²) in [5, 5.41) is 5.10. The molecule has 0 unspecified atom stereocenters. The van der Waals surface area contributed by atoms with E-state index in [0.29, 0.717) is 12.6 Å². The Morgan fingerprint density at radius 3 is 2.76 bits per heavy atom. The maximum absolute atomic E-state index is 13.3. The molecule has 1 aromatic carbocycles. The van der Waals surface area contributed by atoms with Crippen LogP contribution in [0.2, 0.25) is 0 Å². The highest BCUT2D eigenvalue weighted by atomic mass is 19.1. The van der Waals surface area contributed by atoms with Crippen molar-refractivity contribution >= 4 is 12.1 Å². The van der Waals surface area contributed by atoms with Crippen molar-refractivity contribution in [3.63, 3.8) is 0 Å². The second-order valence-corrected chi connectivity index (χ2v) is 3.29. The minimum absolute atomic E-state index is 0.104. The van der Waals surface area contributed by atoms with E-state index in [1.54, 1.807) is 6.92 Å². The van der Waals surface area contributed by atoms with E-state index in [9.17, 15) is 13.6 Å². The van der Waals surface area contributed by atoms with E-state index in [0.717, 1.165) is 18.5 Å². The monoisotopic (exact) mass is 241 g/mol. The zero-order valence-corrected chi connectivity index (χ0v) is 9.36. The van der Waals surface area contributed by atoms with Crippen molar-refractivity contribution in [2.45, 2.75) is 6.92 Å². The number of ketones is 1. The summed E-state index contributed by atoms with van der Waals surface area (Å²) < 4.78 is 26.0. The van der Waals surface area contributed by atoms with Crippen molar-refractivity contribution in [1.29, 1.82) is 0 Å². The molecule has 0 spiro atoms. The van der Waals surface area contributed by atoms with Crippen LogP contribution in [0.1, 0.15) is 17.3 Å². The predicted molar refractivity (Wildman–Crippen MR) is 60.6 cm³/mol. The number of likely N-dealkylation sites (N-methyl/N-ethyl adjacent to an activating group) is 1. The average molecular weight is 241 g/mol. The molecular weight excluding hydrogens is 228 g/mol. The SMILES string of the molecule is CCN(CC(=O)c1ccc(F)cc1F)/N=C\N. The van der Waals surface area contributed by atoms with Crippen LogP contribution in [0.25, 0.3) is 0 Å². The zero-order valence-electron chi connectivity index (χ0n) is 9.36. The maximum atomic E-state index is 13.3. The van der Waals surface area contributed by atoms with Crippen LogP contribution in [0, 0.1) is 11.6 Å².